The van der Waals surface area contributed by atoms with Crippen molar-refractivity contribution in [1.82, 2.24) is 10.2 Å². The van der Waals surface area contributed by atoms with Crippen LogP contribution in [0.1, 0.15) is 49.7 Å². The number of benzene rings is 3. The minimum atomic E-state index is -3.66. The molecular formula is C34H43N3O6S. The molecule has 0 aliphatic heterocycles. The van der Waals surface area contributed by atoms with Crippen molar-refractivity contribution in [2.24, 2.45) is 0 Å². The normalized spacial score (nSPS) is 14.1. The van der Waals surface area contributed by atoms with Crippen LogP contribution in [0.4, 0.5) is 5.69 Å². The maximum Gasteiger partial charge on any atom is 0.243 e. The van der Waals surface area contributed by atoms with Crippen molar-refractivity contribution in [3.05, 3.63) is 90.0 Å². The van der Waals surface area contributed by atoms with E-state index in [1.807, 2.05) is 54.6 Å². The second-order valence-corrected chi connectivity index (χ2v) is 13.1. The van der Waals surface area contributed by atoms with E-state index in [0.717, 1.165) is 43.1 Å². The van der Waals surface area contributed by atoms with Crippen molar-refractivity contribution in [2.45, 2.75) is 63.6 Å². The van der Waals surface area contributed by atoms with E-state index in [4.69, 9.17) is 9.47 Å². The molecule has 0 bridgehead atoms. The zero-order valence-electron chi connectivity index (χ0n) is 25.8. The number of sulfonamides is 1. The Hall–Kier alpha value is -4.05. The summed E-state index contributed by atoms with van der Waals surface area (Å²) in [5.41, 5.74) is 2.19. The van der Waals surface area contributed by atoms with Gasteiger partial charge >= 0.3 is 0 Å². The van der Waals surface area contributed by atoms with Gasteiger partial charge in [-0.1, -0.05) is 67.4 Å². The number of hydrogen-bond acceptors (Lipinski definition) is 6. The van der Waals surface area contributed by atoms with Crippen LogP contribution in [0.15, 0.2) is 78.9 Å². The molecule has 236 valence electrons. The molecule has 0 heterocycles. The lowest BCUT2D eigenvalue weighted by Crippen LogP contribution is -2.52. The summed E-state index contributed by atoms with van der Waals surface area (Å²) in [5, 5.41) is 3.21. The van der Waals surface area contributed by atoms with E-state index in [-0.39, 0.29) is 43.8 Å². The first-order valence-corrected chi connectivity index (χ1v) is 16.9. The first-order chi connectivity index (χ1) is 21.2. The molecule has 1 atom stereocenters. The zero-order chi connectivity index (χ0) is 31.5. The van der Waals surface area contributed by atoms with E-state index in [1.165, 1.54) is 11.4 Å². The van der Waals surface area contributed by atoms with Crippen molar-refractivity contribution in [1.29, 1.82) is 0 Å². The number of para-hydroxylation sites is 2. The quantitative estimate of drug-likeness (QED) is 0.258. The number of amides is 2. The highest BCUT2D eigenvalue weighted by Crippen LogP contribution is 2.30. The van der Waals surface area contributed by atoms with Gasteiger partial charge in [0.25, 0.3) is 0 Å². The molecule has 0 unspecified atom stereocenters. The van der Waals surface area contributed by atoms with Crippen molar-refractivity contribution in [3.63, 3.8) is 0 Å². The SMILES string of the molecule is COc1cccc(CN(C(=O)CCCN(c2ccccc2OC)S(C)(=O)=O)[C@@H](Cc2ccccc2)C(=O)NC2CCCC2)c1. The van der Waals surface area contributed by atoms with Crippen LogP contribution in [0, 0.1) is 0 Å². The molecule has 0 saturated heterocycles. The largest absolute Gasteiger partial charge is 0.497 e. The maximum absolute atomic E-state index is 14.1. The molecule has 9 nitrogen and oxygen atoms in total. The molecule has 3 aromatic rings. The molecule has 1 saturated carbocycles. The lowest BCUT2D eigenvalue weighted by atomic mass is 10.0. The average Bonchev–Trinajstić information content (AvgIpc) is 3.54. The van der Waals surface area contributed by atoms with Gasteiger partial charge in [-0.05, 0) is 54.7 Å². The molecule has 1 N–H and O–H groups in total. The van der Waals surface area contributed by atoms with Crippen LogP contribution in [-0.4, -0.2) is 64.2 Å². The topological polar surface area (TPSA) is 105 Å². The molecule has 1 aliphatic carbocycles. The number of nitrogens with one attached hydrogen (secondary N) is 1. The molecule has 0 aromatic heterocycles. The van der Waals surface area contributed by atoms with Gasteiger partial charge < -0.3 is 19.7 Å². The number of carbonyl (C=O) groups excluding carboxylic acids is 2. The average molecular weight is 622 g/mol. The van der Waals surface area contributed by atoms with Gasteiger partial charge in [-0.3, -0.25) is 13.9 Å². The predicted octanol–water partition coefficient (Wildman–Crippen LogP) is 4.95. The fraction of sp³-hybridized carbons (Fsp3) is 0.412. The number of rotatable bonds is 15. The Labute approximate surface area is 261 Å². The molecular weight excluding hydrogens is 578 g/mol. The Morgan fingerprint density at radius 1 is 0.909 bits per heavy atom. The van der Waals surface area contributed by atoms with Crippen molar-refractivity contribution in [2.75, 3.05) is 31.3 Å². The predicted molar refractivity (Wildman–Crippen MR) is 172 cm³/mol. The first kappa shape index (κ1) is 32.9. The molecule has 4 rings (SSSR count). The summed E-state index contributed by atoms with van der Waals surface area (Å²) < 4.78 is 37.7. The fourth-order valence-corrected chi connectivity index (χ4v) is 6.68. The van der Waals surface area contributed by atoms with Crippen molar-refractivity contribution >= 4 is 27.5 Å². The molecule has 1 aliphatic rings. The summed E-state index contributed by atoms with van der Waals surface area (Å²) in [7, 11) is -0.582. The molecule has 2 amide bonds. The van der Waals surface area contributed by atoms with Gasteiger partial charge in [-0.25, -0.2) is 8.42 Å². The molecule has 10 heteroatoms. The Bertz CT molecular complexity index is 1490. The monoisotopic (exact) mass is 621 g/mol. The van der Waals surface area contributed by atoms with E-state index in [0.29, 0.717) is 23.6 Å². The summed E-state index contributed by atoms with van der Waals surface area (Å²) in [6.07, 6.45) is 5.79. The van der Waals surface area contributed by atoms with Crippen molar-refractivity contribution in [3.8, 4) is 11.5 Å². The number of methoxy groups -OCH3 is 2. The Kier molecular flexibility index (Phi) is 11.7. The lowest BCUT2D eigenvalue weighted by Gasteiger charge is -2.33. The zero-order valence-corrected chi connectivity index (χ0v) is 26.6. The number of nitrogens with zero attached hydrogens (tertiary/aromatic N) is 2. The lowest BCUT2D eigenvalue weighted by molar-refractivity contribution is -0.141. The van der Waals surface area contributed by atoms with Crippen LogP contribution in [0.25, 0.3) is 0 Å². The smallest absolute Gasteiger partial charge is 0.243 e. The minimum absolute atomic E-state index is 0.0487. The number of anilines is 1. The molecule has 1 fully saturated rings. The van der Waals surface area contributed by atoms with Crippen LogP contribution in [0.3, 0.4) is 0 Å². The van der Waals surface area contributed by atoms with E-state index < -0.39 is 16.1 Å². The van der Waals surface area contributed by atoms with Gasteiger partial charge in [0.2, 0.25) is 21.8 Å². The van der Waals surface area contributed by atoms with Crippen LogP contribution >= 0.6 is 0 Å². The summed E-state index contributed by atoms with van der Waals surface area (Å²) >= 11 is 0. The van der Waals surface area contributed by atoms with E-state index in [1.54, 1.807) is 36.3 Å². The number of hydrogen-bond donors (Lipinski definition) is 1. The second kappa shape index (κ2) is 15.6. The highest BCUT2D eigenvalue weighted by atomic mass is 32.2. The molecule has 3 aromatic carbocycles. The summed E-state index contributed by atoms with van der Waals surface area (Å²) in [6.45, 7) is 0.281. The minimum Gasteiger partial charge on any atom is -0.497 e. The van der Waals surface area contributed by atoms with Gasteiger partial charge in [0.15, 0.2) is 0 Å². The Balaban J connectivity index is 1.61. The van der Waals surface area contributed by atoms with Crippen LogP contribution < -0.4 is 19.1 Å². The Morgan fingerprint density at radius 2 is 1.59 bits per heavy atom. The molecule has 0 spiro atoms. The van der Waals surface area contributed by atoms with Gasteiger partial charge in [0.1, 0.15) is 17.5 Å². The summed E-state index contributed by atoms with van der Waals surface area (Å²) in [6, 6.07) is 23.4. The van der Waals surface area contributed by atoms with Crippen LogP contribution in [-0.2, 0) is 32.6 Å². The summed E-state index contributed by atoms with van der Waals surface area (Å²) in [4.78, 5) is 29.6. The molecule has 44 heavy (non-hydrogen) atoms. The number of carbonyl (C=O) groups is 2. The second-order valence-electron chi connectivity index (χ2n) is 11.2. The summed E-state index contributed by atoms with van der Waals surface area (Å²) in [5.74, 6) is 0.675. The first-order valence-electron chi connectivity index (χ1n) is 15.1. The Morgan fingerprint density at radius 3 is 2.27 bits per heavy atom. The van der Waals surface area contributed by atoms with Gasteiger partial charge in [-0.2, -0.15) is 0 Å². The van der Waals surface area contributed by atoms with Crippen molar-refractivity contribution < 1.29 is 27.5 Å². The third kappa shape index (κ3) is 8.98. The highest BCUT2D eigenvalue weighted by Gasteiger charge is 2.32. The van der Waals surface area contributed by atoms with E-state index in [2.05, 4.69) is 5.32 Å². The number of ether oxygens (including phenoxy) is 2. The third-order valence-electron chi connectivity index (χ3n) is 7.97. The molecule has 0 radical (unpaired) electrons. The van der Waals surface area contributed by atoms with Crippen LogP contribution in [0.2, 0.25) is 0 Å². The maximum atomic E-state index is 14.1. The van der Waals surface area contributed by atoms with E-state index in [9.17, 15) is 18.0 Å². The standard InChI is InChI=1S/C34H43N3O6S/c1-42-29-18-11-15-27(23-29)25-36(31(24-26-13-5-4-6-14-26)34(39)35-28-16-7-8-17-28)33(38)21-12-22-37(44(3,40)41)30-19-9-10-20-32(30)43-2/h4-6,9-11,13-15,18-20,23,28,31H,7-8,12,16-17,21-22,24-25H2,1-3H3,(H,35,39)/t31-/m0/s1. The van der Waals surface area contributed by atoms with Gasteiger partial charge in [0, 0.05) is 32.0 Å². The third-order valence-corrected chi connectivity index (χ3v) is 9.15. The van der Waals surface area contributed by atoms with Gasteiger partial charge in [0.05, 0.1) is 26.2 Å². The highest BCUT2D eigenvalue weighted by molar-refractivity contribution is 7.92. The van der Waals surface area contributed by atoms with Crippen LogP contribution in [0.5, 0.6) is 11.5 Å². The van der Waals surface area contributed by atoms with Gasteiger partial charge in [-0.15, -0.1) is 0 Å². The van der Waals surface area contributed by atoms with E-state index >= 15 is 0 Å². The fourth-order valence-electron chi connectivity index (χ4n) is 5.71.